The van der Waals surface area contributed by atoms with Gasteiger partial charge in [0.25, 0.3) is 5.91 Å². The Morgan fingerprint density at radius 1 is 1.24 bits per heavy atom. The quantitative estimate of drug-likeness (QED) is 0.550. The fourth-order valence-corrected chi connectivity index (χ4v) is 4.03. The molecule has 0 fully saturated rings. The van der Waals surface area contributed by atoms with Gasteiger partial charge in [-0.1, -0.05) is 0 Å². The molecule has 0 N–H and O–H groups in total. The van der Waals surface area contributed by atoms with Crippen LogP contribution in [0.4, 0.5) is 0 Å². The van der Waals surface area contributed by atoms with E-state index >= 15 is 0 Å². The first-order valence-electron chi connectivity index (χ1n) is 7.74. The summed E-state index contributed by atoms with van der Waals surface area (Å²) in [5, 5.41) is 9.75. The molecule has 0 spiro atoms. The summed E-state index contributed by atoms with van der Waals surface area (Å²) in [7, 11) is 5.36. The highest BCUT2D eigenvalue weighted by molar-refractivity contribution is 7.20. The van der Waals surface area contributed by atoms with E-state index in [9.17, 15) is 4.79 Å². The maximum absolute atomic E-state index is 12.4. The Balaban J connectivity index is 1.97. The minimum Gasteiger partial charge on any atom is -0.344 e. The molecule has 0 aromatic carbocycles. The first-order valence-corrected chi connectivity index (χ1v) is 8.55. The van der Waals surface area contributed by atoms with E-state index in [1.165, 1.54) is 11.3 Å². The largest absolute Gasteiger partial charge is 0.344 e. The fraction of sp³-hybridized carbons (Fsp3) is 0.312. The highest BCUT2D eigenvalue weighted by atomic mass is 32.1. The number of rotatable bonds is 2. The molecule has 0 aliphatic carbocycles. The van der Waals surface area contributed by atoms with Crippen molar-refractivity contribution in [3.05, 3.63) is 28.5 Å². The third-order valence-electron chi connectivity index (χ3n) is 4.10. The van der Waals surface area contributed by atoms with Crippen molar-refractivity contribution in [3.8, 4) is 11.5 Å². The fourth-order valence-electron chi connectivity index (χ4n) is 2.87. The molecular weight excluding hydrogens is 338 g/mol. The lowest BCUT2D eigenvalue weighted by molar-refractivity contribution is 0.0831. The van der Waals surface area contributed by atoms with Crippen molar-refractivity contribution in [1.82, 2.24) is 34.3 Å². The van der Waals surface area contributed by atoms with Gasteiger partial charge >= 0.3 is 0 Å². The van der Waals surface area contributed by atoms with E-state index in [2.05, 4.69) is 15.2 Å². The minimum absolute atomic E-state index is 0.0272. The number of hydrogen-bond donors (Lipinski definition) is 0. The highest BCUT2D eigenvalue weighted by Crippen LogP contribution is 2.33. The zero-order valence-corrected chi connectivity index (χ0v) is 15.4. The van der Waals surface area contributed by atoms with Crippen molar-refractivity contribution >= 4 is 33.1 Å². The maximum atomic E-state index is 12.4. The van der Waals surface area contributed by atoms with E-state index in [1.807, 2.05) is 27.0 Å². The zero-order valence-electron chi connectivity index (χ0n) is 14.6. The van der Waals surface area contributed by atoms with Crippen LogP contribution < -0.4 is 0 Å². The van der Waals surface area contributed by atoms with Crippen molar-refractivity contribution in [2.24, 2.45) is 7.05 Å². The van der Waals surface area contributed by atoms with Gasteiger partial charge in [-0.15, -0.1) is 16.4 Å². The molecule has 0 saturated heterocycles. The van der Waals surface area contributed by atoms with Crippen molar-refractivity contribution in [2.75, 3.05) is 14.1 Å². The number of carbonyl (C=O) groups excluding carboxylic acids is 1. The minimum atomic E-state index is -0.0272. The van der Waals surface area contributed by atoms with Gasteiger partial charge in [0.15, 0.2) is 11.5 Å². The molecule has 25 heavy (non-hydrogen) atoms. The molecule has 0 saturated carbocycles. The zero-order chi connectivity index (χ0) is 17.9. The Labute approximate surface area is 147 Å². The smallest absolute Gasteiger partial charge is 0.263 e. The predicted octanol–water partition coefficient (Wildman–Crippen LogP) is 2.06. The van der Waals surface area contributed by atoms with E-state index < -0.39 is 0 Å². The first kappa shape index (κ1) is 15.7. The molecule has 8 nitrogen and oxygen atoms in total. The second-order valence-electron chi connectivity index (χ2n) is 6.18. The van der Waals surface area contributed by atoms with Gasteiger partial charge in [-0.25, -0.2) is 14.5 Å². The van der Waals surface area contributed by atoms with Crippen molar-refractivity contribution in [1.29, 1.82) is 0 Å². The number of carbonyl (C=O) groups is 1. The Morgan fingerprint density at radius 3 is 2.64 bits per heavy atom. The Hall–Kier alpha value is -2.81. The SMILES string of the molecule is Cc1cc(-c2nc3c4c(C)c(C(=O)N(C)C)sc4ncn3n2)n(C)n1. The highest BCUT2D eigenvalue weighted by Gasteiger charge is 2.22. The molecule has 0 bridgehead atoms. The van der Waals surface area contributed by atoms with E-state index in [0.717, 1.165) is 27.2 Å². The normalized spacial score (nSPS) is 11.6. The molecule has 4 aromatic rings. The number of hydrogen-bond acceptors (Lipinski definition) is 6. The number of fused-ring (bicyclic) bond motifs is 3. The summed E-state index contributed by atoms with van der Waals surface area (Å²) in [6, 6.07) is 1.95. The molecule has 0 aliphatic heterocycles. The summed E-state index contributed by atoms with van der Waals surface area (Å²) in [5.74, 6) is 0.559. The van der Waals surface area contributed by atoms with E-state index in [1.54, 1.807) is 34.5 Å². The molecular formula is C16H17N7OS. The monoisotopic (exact) mass is 355 g/mol. The molecule has 4 heterocycles. The van der Waals surface area contributed by atoms with E-state index in [4.69, 9.17) is 4.98 Å². The van der Waals surface area contributed by atoms with Crippen LogP contribution in [-0.2, 0) is 7.05 Å². The van der Waals surface area contributed by atoms with Gasteiger partial charge < -0.3 is 4.90 Å². The van der Waals surface area contributed by atoms with E-state index in [-0.39, 0.29) is 5.91 Å². The number of aromatic nitrogens is 6. The van der Waals surface area contributed by atoms with E-state index in [0.29, 0.717) is 16.3 Å². The lowest BCUT2D eigenvalue weighted by atomic mass is 10.2. The Kier molecular flexibility index (Phi) is 3.36. The third-order valence-corrected chi connectivity index (χ3v) is 5.29. The van der Waals surface area contributed by atoms with Gasteiger partial charge in [-0.2, -0.15) is 5.10 Å². The van der Waals surface area contributed by atoms with Gasteiger partial charge in [-0.05, 0) is 25.5 Å². The standard InChI is InChI=1S/C16H17N7OS/c1-8-6-10(22(5)19-8)13-18-14-11-9(2)12(16(24)21(3)4)25-15(11)17-7-23(14)20-13/h6-7H,1-5H3. The topological polar surface area (TPSA) is 81.2 Å². The molecule has 1 amide bonds. The van der Waals surface area contributed by atoms with Crippen LogP contribution >= 0.6 is 11.3 Å². The van der Waals surface area contributed by atoms with Crippen molar-refractivity contribution in [2.45, 2.75) is 13.8 Å². The lowest BCUT2D eigenvalue weighted by Crippen LogP contribution is -2.21. The van der Waals surface area contributed by atoms with Crippen LogP contribution in [0, 0.1) is 13.8 Å². The van der Waals surface area contributed by atoms with Crippen LogP contribution in [-0.4, -0.2) is 54.3 Å². The number of thiophene rings is 1. The maximum Gasteiger partial charge on any atom is 0.263 e. The van der Waals surface area contributed by atoms with Crippen LogP contribution in [0.5, 0.6) is 0 Å². The van der Waals surface area contributed by atoms with Gasteiger partial charge in [0.05, 0.1) is 16.0 Å². The molecule has 9 heteroatoms. The summed E-state index contributed by atoms with van der Waals surface area (Å²) >= 11 is 1.39. The van der Waals surface area contributed by atoms with Gasteiger partial charge in [0.1, 0.15) is 16.9 Å². The van der Waals surface area contributed by atoms with Gasteiger partial charge in [0, 0.05) is 21.1 Å². The molecule has 0 atom stereocenters. The third kappa shape index (κ3) is 2.30. The molecule has 128 valence electrons. The number of aryl methyl sites for hydroxylation is 3. The molecule has 0 unspecified atom stereocenters. The molecule has 4 aromatic heterocycles. The van der Waals surface area contributed by atoms with Gasteiger partial charge in [-0.3, -0.25) is 9.48 Å². The van der Waals surface area contributed by atoms with Crippen LogP contribution in [0.1, 0.15) is 20.9 Å². The molecule has 4 rings (SSSR count). The van der Waals surface area contributed by atoms with Crippen LogP contribution in [0.15, 0.2) is 12.4 Å². The van der Waals surface area contributed by atoms with Gasteiger partial charge in [0.2, 0.25) is 0 Å². The summed E-state index contributed by atoms with van der Waals surface area (Å²) < 4.78 is 3.42. The Bertz CT molecular complexity index is 1130. The summed E-state index contributed by atoms with van der Waals surface area (Å²) in [4.78, 5) is 24.6. The average molecular weight is 355 g/mol. The van der Waals surface area contributed by atoms with Crippen molar-refractivity contribution < 1.29 is 4.79 Å². The number of amides is 1. The first-order chi connectivity index (χ1) is 11.9. The summed E-state index contributed by atoms with van der Waals surface area (Å²) in [6.45, 7) is 3.86. The molecule has 0 radical (unpaired) electrons. The molecule has 0 aliphatic rings. The van der Waals surface area contributed by atoms with Crippen LogP contribution in [0.2, 0.25) is 0 Å². The lowest BCUT2D eigenvalue weighted by Gasteiger charge is -2.08. The summed E-state index contributed by atoms with van der Waals surface area (Å²) in [6.07, 6.45) is 1.64. The second kappa shape index (κ2) is 5.35. The van der Waals surface area contributed by atoms with Crippen LogP contribution in [0.25, 0.3) is 27.4 Å². The summed E-state index contributed by atoms with van der Waals surface area (Å²) in [5.41, 5.74) is 3.33. The predicted molar refractivity (Wildman–Crippen MR) is 95.9 cm³/mol. The second-order valence-corrected chi connectivity index (χ2v) is 7.18. The number of nitrogens with zero attached hydrogens (tertiary/aromatic N) is 7. The average Bonchev–Trinajstić information content (AvgIpc) is 3.21. The van der Waals surface area contributed by atoms with Crippen molar-refractivity contribution in [3.63, 3.8) is 0 Å². The Morgan fingerprint density at radius 2 is 2.00 bits per heavy atom. The van der Waals surface area contributed by atoms with Crippen LogP contribution in [0.3, 0.4) is 0 Å².